The molecule has 2 atom stereocenters. The van der Waals surface area contributed by atoms with Crippen LogP contribution in [-0.4, -0.2) is 37.8 Å². The molecule has 1 aliphatic heterocycles. The van der Waals surface area contributed by atoms with Crippen LogP contribution in [0.1, 0.15) is 36.2 Å². The lowest BCUT2D eigenvalue weighted by Crippen LogP contribution is -2.94. The summed E-state index contributed by atoms with van der Waals surface area (Å²) in [7, 11) is 3.09. The maximum Gasteiger partial charge on any atom is 0.364 e. The van der Waals surface area contributed by atoms with E-state index in [0.29, 0.717) is 18.8 Å². The zero-order valence-corrected chi connectivity index (χ0v) is 17.0. The van der Waals surface area contributed by atoms with Crippen LogP contribution in [-0.2, 0) is 16.0 Å². The van der Waals surface area contributed by atoms with Gasteiger partial charge in [-0.25, -0.2) is 4.79 Å². The first-order valence-electron chi connectivity index (χ1n) is 9.99. The highest BCUT2D eigenvalue weighted by molar-refractivity contribution is 5.86. The summed E-state index contributed by atoms with van der Waals surface area (Å²) in [6, 6.07) is 13.8. The number of esters is 1. The Morgan fingerprint density at radius 1 is 1.17 bits per heavy atom. The van der Waals surface area contributed by atoms with Crippen LogP contribution in [0.15, 0.2) is 42.5 Å². The molecule has 6 heteroatoms. The summed E-state index contributed by atoms with van der Waals surface area (Å²) in [5, 5.41) is 3.23. The van der Waals surface area contributed by atoms with Gasteiger partial charge in [-0.3, -0.25) is 0 Å². The summed E-state index contributed by atoms with van der Waals surface area (Å²) >= 11 is 0. The van der Waals surface area contributed by atoms with E-state index in [1.165, 1.54) is 12.7 Å². The van der Waals surface area contributed by atoms with Crippen molar-refractivity contribution in [3.05, 3.63) is 59.3 Å². The molecule has 0 aliphatic carbocycles. The van der Waals surface area contributed by atoms with Crippen molar-refractivity contribution in [1.82, 2.24) is 4.98 Å². The molecule has 0 fully saturated rings. The zero-order chi connectivity index (χ0) is 20.4. The van der Waals surface area contributed by atoms with Gasteiger partial charge in [0.05, 0.1) is 26.5 Å². The summed E-state index contributed by atoms with van der Waals surface area (Å²) in [6.45, 7) is 2.71. The molecule has 0 saturated heterocycles. The molecule has 1 aliphatic rings. The van der Waals surface area contributed by atoms with Crippen LogP contribution in [0.5, 0.6) is 11.5 Å². The smallest absolute Gasteiger partial charge is 0.364 e. The fourth-order valence-electron chi connectivity index (χ4n) is 4.12. The van der Waals surface area contributed by atoms with Gasteiger partial charge in [-0.2, -0.15) is 0 Å². The monoisotopic (exact) mass is 395 g/mol. The van der Waals surface area contributed by atoms with Crippen molar-refractivity contribution in [2.75, 3.05) is 20.8 Å². The molecule has 1 aromatic heterocycles. The zero-order valence-electron chi connectivity index (χ0n) is 17.0. The van der Waals surface area contributed by atoms with Gasteiger partial charge in [-0.1, -0.05) is 25.1 Å². The number of hydrogen-bond acceptors (Lipinski definition) is 4. The predicted octanol–water partition coefficient (Wildman–Crippen LogP) is 2.72. The van der Waals surface area contributed by atoms with Gasteiger partial charge in [0.2, 0.25) is 0 Å². The molecule has 0 saturated carbocycles. The first-order chi connectivity index (χ1) is 14.2. The number of carbonyl (C=O) groups excluding carboxylic acids is 1. The third kappa shape index (κ3) is 3.56. The Morgan fingerprint density at radius 2 is 2.00 bits per heavy atom. The highest BCUT2D eigenvalue weighted by Crippen LogP contribution is 2.35. The van der Waals surface area contributed by atoms with Gasteiger partial charge in [0.15, 0.2) is 23.6 Å². The van der Waals surface area contributed by atoms with Crippen LogP contribution in [0.3, 0.4) is 0 Å². The minimum absolute atomic E-state index is 0.0654. The Labute approximate surface area is 170 Å². The fraction of sp³-hybridized carbons (Fsp3) is 0.348. The summed E-state index contributed by atoms with van der Waals surface area (Å²) in [6.07, 6.45) is 1.57. The van der Waals surface area contributed by atoms with Crippen molar-refractivity contribution in [3.8, 4) is 11.5 Å². The molecule has 3 aromatic rings. The molecule has 2 aromatic carbocycles. The largest absolute Gasteiger partial charge is 0.493 e. The maximum atomic E-state index is 12.4. The lowest BCUT2D eigenvalue weighted by molar-refractivity contribution is -0.712. The van der Waals surface area contributed by atoms with Gasteiger partial charge < -0.3 is 24.5 Å². The average molecular weight is 395 g/mol. The number of nitrogens with two attached hydrogens (primary N) is 1. The second kappa shape index (κ2) is 8.17. The van der Waals surface area contributed by atoms with Crippen LogP contribution in [0.4, 0.5) is 0 Å². The molecule has 29 heavy (non-hydrogen) atoms. The quantitative estimate of drug-likeness (QED) is 0.629. The lowest BCUT2D eigenvalue weighted by atomic mass is 9.90. The molecule has 0 unspecified atom stereocenters. The third-order valence-corrected chi connectivity index (χ3v) is 5.52. The van der Waals surface area contributed by atoms with E-state index in [0.717, 1.165) is 34.3 Å². The van der Waals surface area contributed by atoms with Gasteiger partial charge in [0.1, 0.15) is 0 Å². The van der Waals surface area contributed by atoms with E-state index in [1.807, 2.05) is 30.3 Å². The molecule has 0 radical (unpaired) electrons. The van der Waals surface area contributed by atoms with E-state index in [2.05, 4.69) is 29.4 Å². The highest BCUT2D eigenvalue weighted by Gasteiger charge is 2.38. The number of nitrogens with one attached hydrogen (secondary N) is 1. The fourth-order valence-corrected chi connectivity index (χ4v) is 4.12. The van der Waals surface area contributed by atoms with Crippen LogP contribution >= 0.6 is 0 Å². The van der Waals surface area contributed by atoms with Crippen molar-refractivity contribution >= 4 is 16.9 Å². The van der Waals surface area contributed by atoms with Gasteiger partial charge in [0.25, 0.3) is 0 Å². The minimum Gasteiger partial charge on any atom is -0.493 e. The minimum atomic E-state index is -0.293. The number of methoxy groups -OCH3 is 2. The second-order valence-electron chi connectivity index (χ2n) is 7.33. The number of benzene rings is 2. The van der Waals surface area contributed by atoms with Crippen LogP contribution < -0.4 is 14.8 Å². The van der Waals surface area contributed by atoms with Crippen molar-refractivity contribution < 1.29 is 24.3 Å². The Kier molecular flexibility index (Phi) is 5.45. The number of rotatable bonds is 6. The van der Waals surface area contributed by atoms with E-state index < -0.39 is 0 Å². The second-order valence-corrected chi connectivity index (χ2v) is 7.33. The first-order valence-corrected chi connectivity index (χ1v) is 9.99. The van der Waals surface area contributed by atoms with Gasteiger partial charge in [0, 0.05) is 22.9 Å². The number of ether oxygens (including phenoxy) is 3. The van der Waals surface area contributed by atoms with Crippen LogP contribution in [0.2, 0.25) is 0 Å². The lowest BCUT2D eigenvalue weighted by Gasteiger charge is -2.27. The van der Waals surface area contributed by atoms with Gasteiger partial charge >= 0.3 is 5.97 Å². The van der Waals surface area contributed by atoms with E-state index in [4.69, 9.17) is 14.2 Å². The number of fused-ring (bicyclic) bond motifs is 3. The molecule has 2 heterocycles. The van der Waals surface area contributed by atoms with Gasteiger partial charge in [-0.15, -0.1) is 0 Å². The van der Waals surface area contributed by atoms with Crippen molar-refractivity contribution in [2.45, 2.75) is 31.8 Å². The number of para-hydroxylation sites is 1. The Bertz CT molecular complexity index is 1030. The van der Waals surface area contributed by atoms with Crippen LogP contribution in [0, 0.1) is 0 Å². The topological polar surface area (TPSA) is 77.2 Å². The molecule has 6 nitrogen and oxygen atoms in total. The van der Waals surface area contributed by atoms with Crippen molar-refractivity contribution in [1.29, 1.82) is 0 Å². The molecule has 4 rings (SSSR count). The first kappa shape index (κ1) is 19.3. The molecule has 0 bridgehead atoms. The molecule has 0 spiro atoms. The number of carbonyl (C=O) groups is 1. The Hall–Kier alpha value is -2.99. The summed E-state index contributed by atoms with van der Waals surface area (Å²) in [5.41, 5.74) is 4.42. The standard InChI is InChI=1S/C23H26N2O4/c1-4-11-29-19-10-9-14(12-20(19)27-2)21-22-16(13-18(25-21)23(26)28-3)15-7-5-6-8-17(15)24-22/h5-10,12,18,21,24-25H,4,11,13H2,1-3H3/p+1/t18-,21-/m0/s1. The third-order valence-electron chi connectivity index (χ3n) is 5.52. The summed E-state index contributed by atoms with van der Waals surface area (Å²) in [5.74, 6) is 1.22. The molecular formula is C23H27N2O4+. The van der Waals surface area contributed by atoms with Crippen molar-refractivity contribution in [2.24, 2.45) is 0 Å². The predicted molar refractivity (Wildman–Crippen MR) is 110 cm³/mol. The van der Waals surface area contributed by atoms with Gasteiger partial charge in [-0.05, 0) is 36.2 Å². The normalized spacial score (nSPS) is 18.3. The molecular weight excluding hydrogens is 368 g/mol. The number of aromatic amines is 1. The van der Waals surface area contributed by atoms with Crippen molar-refractivity contribution in [3.63, 3.8) is 0 Å². The Balaban J connectivity index is 1.79. The molecule has 0 amide bonds. The number of quaternary nitrogens is 1. The SMILES string of the molecule is CCCOc1ccc([C@@H]2[NH2+][C@H](C(=O)OC)Cc3c2[nH]c2ccccc32)cc1OC. The molecule has 152 valence electrons. The summed E-state index contributed by atoms with van der Waals surface area (Å²) < 4.78 is 16.4. The number of hydrogen-bond donors (Lipinski definition) is 2. The molecule has 3 N–H and O–H groups in total. The van der Waals surface area contributed by atoms with E-state index in [-0.39, 0.29) is 18.1 Å². The van der Waals surface area contributed by atoms with E-state index >= 15 is 0 Å². The summed E-state index contributed by atoms with van der Waals surface area (Å²) in [4.78, 5) is 16.0. The number of H-pyrrole nitrogens is 1. The maximum absolute atomic E-state index is 12.4. The van der Waals surface area contributed by atoms with Crippen LogP contribution in [0.25, 0.3) is 10.9 Å². The Morgan fingerprint density at radius 3 is 2.76 bits per heavy atom. The van der Waals surface area contributed by atoms with E-state index in [9.17, 15) is 4.79 Å². The highest BCUT2D eigenvalue weighted by atomic mass is 16.5. The van der Waals surface area contributed by atoms with E-state index in [1.54, 1.807) is 7.11 Å². The average Bonchev–Trinajstić information content (AvgIpc) is 3.15. The number of aromatic nitrogens is 1.